The van der Waals surface area contributed by atoms with Crippen LogP contribution in [-0.2, 0) is 4.74 Å². The molecule has 7 nitrogen and oxygen atoms in total. The van der Waals surface area contributed by atoms with Crippen molar-refractivity contribution in [3.05, 3.63) is 47.2 Å². The van der Waals surface area contributed by atoms with E-state index in [2.05, 4.69) is 15.3 Å². The summed E-state index contributed by atoms with van der Waals surface area (Å²) in [6.07, 6.45) is -0.00441. The van der Waals surface area contributed by atoms with Crippen LogP contribution in [0, 0.1) is 11.6 Å². The fourth-order valence-electron chi connectivity index (χ4n) is 3.23. The summed E-state index contributed by atoms with van der Waals surface area (Å²) in [5.41, 5.74) is 0.455. The molecule has 0 radical (unpaired) electrons. The van der Waals surface area contributed by atoms with Gasteiger partial charge in [0.1, 0.15) is 30.1 Å². The number of carbonyl (C=O) groups is 1. The Morgan fingerprint density at radius 1 is 1.21 bits per heavy atom. The highest BCUT2D eigenvalue weighted by Crippen LogP contribution is 2.28. The van der Waals surface area contributed by atoms with E-state index in [1.807, 2.05) is 0 Å². The van der Waals surface area contributed by atoms with E-state index in [0.29, 0.717) is 5.56 Å². The van der Waals surface area contributed by atoms with Gasteiger partial charge in [0.25, 0.3) is 0 Å². The maximum Gasteiger partial charge on any atom is 0.416 e. The molecule has 156 valence electrons. The van der Waals surface area contributed by atoms with E-state index in [4.69, 9.17) is 4.74 Å². The number of aliphatic hydroxyl groups excluding tert-OH is 1. The lowest BCUT2D eigenvalue weighted by atomic mass is 9.98. The van der Waals surface area contributed by atoms with Crippen molar-refractivity contribution in [2.24, 2.45) is 0 Å². The second-order valence-corrected chi connectivity index (χ2v) is 7.41. The fraction of sp³-hybridized carbons (Fsp3) is 0.450. The normalized spacial score (nSPS) is 18.7. The average Bonchev–Trinajstić information content (AvgIpc) is 3.05. The van der Waals surface area contributed by atoms with Gasteiger partial charge in [-0.2, -0.15) is 4.98 Å². The highest BCUT2D eigenvalue weighted by Gasteiger charge is 2.38. The van der Waals surface area contributed by atoms with Gasteiger partial charge in [-0.1, -0.05) is 13.8 Å². The van der Waals surface area contributed by atoms with Crippen LogP contribution in [0.3, 0.4) is 0 Å². The van der Waals surface area contributed by atoms with Crippen LogP contribution in [-0.4, -0.2) is 39.9 Å². The summed E-state index contributed by atoms with van der Waals surface area (Å²) in [5.74, 6) is -0.761. The molecule has 1 aromatic heterocycles. The molecule has 2 aromatic rings. The monoisotopic (exact) mass is 406 g/mol. The van der Waals surface area contributed by atoms with E-state index in [1.54, 1.807) is 27.7 Å². The maximum atomic E-state index is 14.5. The zero-order valence-electron chi connectivity index (χ0n) is 16.7. The van der Waals surface area contributed by atoms with Crippen LogP contribution < -0.4 is 10.2 Å². The molecule has 2 N–H and O–H groups in total. The van der Waals surface area contributed by atoms with Crippen LogP contribution in [0.5, 0.6) is 0 Å². The second kappa shape index (κ2) is 8.28. The van der Waals surface area contributed by atoms with Crippen LogP contribution in [0.15, 0.2) is 24.4 Å². The van der Waals surface area contributed by atoms with Crippen molar-refractivity contribution >= 4 is 17.9 Å². The summed E-state index contributed by atoms with van der Waals surface area (Å²) in [4.78, 5) is 21.7. The van der Waals surface area contributed by atoms with Crippen molar-refractivity contribution < 1.29 is 23.4 Å². The Labute approximate surface area is 167 Å². The van der Waals surface area contributed by atoms with E-state index < -0.39 is 35.9 Å². The Morgan fingerprint density at radius 2 is 1.86 bits per heavy atom. The molecule has 1 saturated heterocycles. The first-order chi connectivity index (χ1) is 13.7. The molecule has 1 aliphatic heterocycles. The van der Waals surface area contributed by atoms with Crippen LogP contribution in [0.1, 0.15) is 50.8 Å². The van der Waals surface area contributed by atoms with Gasteiger partial charge >= 0.3 is 6.09 Å². The van der Waals surface area contributed by atoms with E-state index in [0.717, 1.165) is 0 Å². The second-order valence-electron chi connectivity index (χ2n) is 7.41. The highest BCUT2D eigenvalue weighted by molar-refractivity contribution is 5.89. The summed E-state index contributed by atoms with van der Waals surface area (Å²) in [6, 6.07) is 2.69. The smallest absolute Gasteiger partial charge is 0.416 e. The molecule has 3 rings (SSSR count). The number of hydrogen-bond acceptors (Lipinski definition) is 6. The Kier molecular flexibility index (Phi) is 5.97. The number of aromatic nitrogens is 2. The molecule has 1 amide bonds. The van der Waals surface area contributed by atoms with Gasteiger partial charge in [-0.15, -0.1) is 0 Å². The predicted octanol–water partition coefficient (Wildman–Crippen LogP) is 3.76. The minimum atomic E-state index is -0.816. The number of carbonyl (C=O) groups excluding carboxylic acids is 1. The van der Waals surface area contributed by atoms with Crippen LogP contribution in [0.25, 0.3) is 0 Å². The Morgan fingerprint density at radius 3 is 2.52 bits per heavy atom. The molecular weight excluding hydrogens is 382 g/mol. The van der Waals surface area contributed by atoms with Crippen LogP contribution in [0.2, 0.25) is 0 Å². The number of aliphatic hydroxyl groups is 1. The molecule has 1 fully saturated rings. The fourth-order valence-corrected chi connectivity index (χ4v) is 3.23. The standard InChI is InChI=1S/C20H24F2N4O3/c1-10(2)13-7-16(22)14(8-15(13)21)11(3)24-19-23-6-5-18(25-19)26-17(12(4)27)9-29-20(26)28/h5-8,10-12,17,27H,9H2,1-4H3,(H,23,24,25)/t11-,12+,17+/m0/s1. The van der Waals surface area contributed by atoms with Crippen molar-refractivity contribution in [3.8, 4) is 0 Å². The molecule has 9 heteroatoms. The molecule has 2 heterocycles. The Balaban J connectivity index is 1.84. The van der Waals surface area contributed by atoms with Crippen molar-refractivity contribution in [3.63, 3.8) is 0 Å². The Hall–Kier alpha value is -2.81. The number of rotatable bonds is 6. The zero-order valence-corrected chi connectivity index (χ0v) is 16.7. The molecule has 0 saturated carbocycles. The summed E-state index contributed by atoms with van der Waals surface area (Å²) in [6.45, 7) is 6.85. The number of hydrogen-bond donors (Lipinski definition) is 2. The molecule has 29 heavy (non-hydrogen) atoms. The number of ether oxygens (including phenoxy) is 1. The number of nitrogens with one attached hydrogen (secondary N) is 1. The van der Waals surface area contributed by atoms with Gasteiger partial charge in [0.05, 0.1) is 12.1 Å². The van der Waals surface area contributed by atoms with E-state index in [-0.39, 0.29) is 29.9 Å². The van der Waals surface area contributed by atoms with Crippen molar-refractivity contribution in [1.29, 1.82) is 0 Å². The number of nitrogens with zero attached hydrogens (tertiary/aromatic N) is 3. The van der Waals surface area contributed by atoms with Gasteiger partial charge in [-0.05, 0) is 43.5 Å². The number of benzene rings is 1. The van der Waals surface area contributed by atoms with Crippen molar-refractivity contribution in [1.82, 2.24) is 9.97 Å². The van der Waals surface area contributed by atoms with Gasteiger partial charge in [-0.25, -0.2) is 18.6 Å². The zero-order chi connectivity index (χ0) is 21.3. The quantitative estimate of drug-likeness (QED) is 0.760. The van der Waals surface area contributed by atoms with Gasteiger partial charge in [0.2, 0.25) is 5.95 Å². The molecule has 0 spiro atoms. The minimum absolute atomic E-state index is 0.0480. The largest absolute Gasteiger partial charge is 0.447 e. The first-order valence-electron chi connectivity index (χ1n) is 9.41. The molecule has 0 bridgehead atoms. The van der Waals surface area contributed by atoms with E-state index in [9.17, 15) is 18.7 Å². The molecule has 1 aliphatic rings. The minimum Gasteiger partial charge on any atom is -0.447 e. The number of halogens is 2. The lowest BCUT2D eigenvalue weighted by Gasteiger charge is -2.23. The van der Waals surface area contributed by atoms with Crippen molar-refractivity contribution in [2.75, 3.05) is 16.8 Å². The lowest BCUT2D eigenvalue weighted by molar-refractivity contribution is 0.142. The van der Waals surface area contributed by atoms with Crippen molar-refractivity contribution in [2.45, 2.75) is 51.8 Å². The molecule has 1 aromatic carbocycles. The summed E-state index contributed by atoms with van der Waals surface area (Å²) in [7, 11) is 0. The first-order valence-corrected chi connectivity index (χ1v) is 9.41. The van der Waals surface area contributed by atoms with Crippen LogP contribution in [0.4, 0.5) is 25.3 Å². The van der Waals surface area contributed by atoms with Gasteiger partial charge < -0.3 is 15.2 Å². The van der Waals surface area contributed by atoms with E-state index >= 15 is 0 Å². The number of cyclic esters (lactones) is 1. The lowest BCUT2D eigenvalue weighted by Crippen LogP contribution is -2.41. The predicted molar refractivity (Wildman–Crippen MR) is 104 cm³/mol. The third kappa shape index (κ3) is 4.29. The maximum absolute atomic E-state index is 14.5. The summed E-state index contributed by atoms with van der Waals surface area (Å²) in [5, 5.41) is 12.8. The highest BCUT2D eigenvalue weighted by atomic mass is 19.1. The summed E-state index contributed by atoms with van der Waals surface area (Å²) >= 11 is 0. The van der Waals surface area contributed by atoms with E-state index in [1.165, 1.54) is 29.3 Å². The first kappa shape index (κ1) is 20.9. The van der Waals surface area contributed by atoms with Gasteiger partial charge in [0.15, 0.2) is 0 Å². The molecule has 3 atom stereocenters. The van der Waals surface area contributed by atoms with Crippen LogP contribution >= 0.6 is 0 Å². The molecular formula is C20H24F2N4O3. The average molecular weight is 406 g/mol. The molecule has 0 aliphatic carbocycles. The third-order valence-electron chi connectivity index (χ3n) is 4.90. The van der Waals surface area contributed by atoms with Gasteiger partial charge in [0, 0.05) is 11.8 Å². The Bertz CT molecular complexity index is 907. The summed E-state index contributed by atoms with van der Waals surface area (Å²) < 4.78 is 33.8. The third-order valence-corrected chi connectivity index (χ3v) is 4.90. The SMILES string of the molecule is CC(C)c1cc(F)c([C@H](C)Nc2nccc(N3C(=O)OC[C@@H]3[C@@H](C)O)n2)cc1F. The number of amides is 1. The van der Waals surface area contributed by atoms with Gasteiger partial charge in [-0.3, -0.25) is 4.90 Å². The number of anilines is 2. The molecule has 0 unspecified atom stereocenters. The topological polar surface area (TPSA) is 87.6 Å².